The Morgan fingerprint density at radius 1 is 1.30 bits per heavy atom. The standard InChI is InChI=1S/C18H23NO3S/c1-13-9-14(2)11-17(10-13)22-15(3)18(20)19-6-8-23-12-16-5-4-7-21-16/h4-5,7,9-11,15H,6,8,12H2,1-3H3,(H,19,20)/t15-/m0/s1. The fourth-order valence-electron chi connectivity index (χ4n) is 2.22. The zero-order valence-corrected chi connectivity index (χ0v) is 14.6. The Morgan fingerprint density at radius 2 is 2.04 bits per heavy atom. The minimum absolute atomic E-state index is 0.0947. The Labute approximate surface area is 141 Å². The third kappa shape index (κ3) is 6.02. The van der Waals surface area contributed by atoms with Gasteiger partial charge in [0.15, 0.2) is 6.10 Å². The summed E-state index contributed by atoms with van der Waals surface area (Å²) in [4.78, 5) is 12.0. The van der Waals surface area contributed by atoms with Gasteiger partial charge in [-0.3, -0.25) is 4.79 Å². The number of aryl methyl sites for hydroxylation is 2. The molecule has 0 bridgehead atoms. The second kappa shape index (κ2) is 8.67. The highest BCUT2D eigenvalue weighted by Gasteiger charge is 2.14. The number of hydrogen-bond acceptors (Lipinski definition) is 4. The second-order valence-electron chi connectivity index (χ2n) is 5.51. The van der Waals surface area contributed by atoms with Crippen LogP contribution in [0, 0.1) is 13.8 Å². The molecule has 2 rings (SSSR count). The van der Waals surface area contributed by atoms with Gasteiger partial charge in [0.1, 0.15) is 11.5 Å². The van der Waals surface area contributed by atoms with E-state index in [4.69, 9.17) is 9.15 Å². The van der Waals surface area contributed by atoms with Gasteiger partial charge in [0.2, 0.25) is 0 Å². The van der Waals surface area contributed by atoms with Gasteiger partial charge in [-0.2, -0.15) is 11.8 Å². The number of thioether (sulfide) groups is 1. The van der Waals surface area contributed by atoms with Crippen molar-refractivity contribution in [3.05, 3.63) is 53.5 Å². The summed E-state index contributed by atoms with van der Waals surface area (Å²) in [6.45, 7) is 6.41. The number of hydrogen-bond donors (Lipinski definition) is 1. The van der Waals surface area contributed by atoms with E-state index in [0.29, 0.717) is 6.54 Å². The molecule has 0 aliphatic carbocycles. The summed E-state index contributed by atoms with van der Waals surface area (Å²) in [6, 6.07) is 9.79. The Hall–Kier alpha value is -1.88. The van der Waals surface area contributed by atoms with Crippen LogP contribution in [0.15, 0.2) is 41.0 Å². The largest absolute Gasteiger partial charge is 0.481 e. The van der Waals surface area contributed by atoms with Crippen LogP contribution in [-0.4, -0.2) is 24.3 Å². The van der Waals surface area contributed by atoms with Crippen molar-refractivity contribution in [2.24, 2.45) is 0 Å². The van der Waals surface area contributed by atoms with E-state index < -0.39 is 6.10 Å². The summed E-state index contributed by atoms with van der Waals surface area (Å²) in [5, 5.41) is 2.90. The number of ether oxygens (including phenoxy) is 1. The Balaban J connectivity index is 1.68. The average Bonchev–Trinajstić information content (AvgIpc) is 2.98. The highest BCUT2D eigenvalue weighted by Crippen LogP contribution is 2.17. The molecule has 0 saturated heterocycles. The molecule has 2 aromatic rings. The monoisotopic (exact) mass is 333 g/mol. The quantitative estimate of drug-likeness (QED) is 0.748. The molecule has 4 nitrogen and oxygen atoms in total. The summed E-state index contributed by atoms with van der Waals surface area (Å²) in [5.41, 5.74) is 2.25. The van der Waals surface area contributed by atoms with Gasteiger partial charge in [-0.1, -0.05) is 6.07 Å². The molecule has 0 saturated carbocycles. The van der Waals surface area contributed by atoms with Crippen LogP contribution >= 0.6 is 11.8 Å². The molecule has 0 fully saturated rings. The summed E-state index contributed by atoms with van der Waals surface area (Å²) >= 11 is 1.72. The van der Waals surface area contributed by atoms with Gasteiger partial charge >= 0.3 is 0 Å². The van der Waals surface area contributed by atoms with E-state index in [2.05, 4.69) is 11.4 Å². The fourth-order valence-corrected chi connectivity index (χ4v) is 2.97. The number of furan rings is 1. The predicted molar refractivity (Wildman–Crippen MR) is 93.9 cm³/mol. The molecule has 1 aromatic carbocycles. The van der Waals surface area contributed by atoms with Crippen molar-refractivity contribution in [2.45, 2.75) is 32.6 Å². The van der Waals surface area contributed by atoms with E-state index in [1.54, 1.807) is 24.9 Å². The molecule has 1 atom stereocenters. The number of carbonyl (C=O) groups is 1. The van der Waals surface area contributed by atoms with Crippen LogP contribution < -0.4 is 10.1 Å². The maximum atomic E-state index is 12.0. The topological polar surface area (TPSA) is 51.5 Å². The van der Waals surface area contributed by atoms with Crippen LogP contribution in [0.25, 0.3) is 0 Å². The molecule has 1 heterocycles. The minimum atomic E-state index is -0.508. The summed E-state index contributed by atoms with van der Waals surface area (Å²) in [5.74, 6) is 3.24. The van der Waals surface area contributed by atoms with Crippen LogP contribution in [0.1, 0.15) is 23.8 Å². The van der Waals surface area contributed by atoms with E-state index in [-0.39, 0.29) is 5.91 Å². The lowest BCUT2D eigenvalue weighted by Crippen LogP contribution is -2.37. The van der Waals surface area contributed by atoms with Crippen LogP contribution in [0.4, 0.5) is 0 Å². The number of benzene rings is 1. The van der Waals surface area contributed by atoms with Crippen molar-refractivity contribution in [3.8, 4) is 5.75 Å². The summed E-state index contributed by atoms with van der Waals surface area (Å²) in [6.07, 6.45) is 1.16. The second-order valence-corrected chi connectivity index (χ2v) is 6.61. The summed E-state index contributed by atoms with van der Waals surface area (Å²) < 4.78 is 11.0. The van der Waals surface area contributed by atoms with Gasteiger partial charge < -0.3 is 14.5 Å². The van der Waals surface area contributed by atoms with Gasteiger partial charge in [-0.15, -0.1) is 0 Å². The van der Waals surface area contributed by atoms with Crippen LogP contribution in [0.3, 0.4) is 0 Å². The lowest BCUT2D eigenvalue weighted by atomic mass is 10.1. The zero-order chi connectivity index (χ0) is 16.7. The van der Waals surface area contributed by atoms with Crippen molar-refractivity contribution in [2.75, 3.05) is 12.3 Å². The first kappa shape index (κ1) is 17.5. The zero-order valence-electron chi connectivity index (χ0n) is 13.8. The first-order chi connectivity index (χ1) is 11.0. The smallest absolute Gasteiger partial charge is 0.260 e. The molecule has 0 spiro atoms. The highest BCUT2D eigenvalue weighted by molar-refractivity contribution is 7.98. The lowest BCUT2D eigenvalue weighted by Gasteiger charge is -2.15. The van der Waals surface area contributed by atoms with E-state index in [0.717, 1.165) is 34.1 Å². The minimum Gasteiger partial charge on any atom is -0.481 e. The molecule has 124 valence electrons. The lowest BCUT2D eigenvalue weighted by molar-refractivity contribution is -0.127. The Kier molecular flexibility index (Phi) is 6.59. The molecule has 1 N–H and O–H groups in total. The molecule has 1 amide bonds. The van der Waals surface area contributed by atoms with Crippen molar-refractivity contribution in [1.82, 2.24) is 5.32 Å². The van der Waals surface area contributed by atoms with Crippen molar-refractivity contribution in [1.29, 1.82) is 0 Å². The SMILES string of the molecule is Cc1cc(C)cc(O[C@@H](C)C(=O)NCCSCc2ccco2)c1. The first-order valence-corrected chi connectivity index (χ1v) is 8.83. The molecule has 0 unspecified atom stereocenters. The predicted octanol–water partition coefficient (Wildman–Crippen LogP) is 3.71. The van der Waals surface area contributed by atoms with E-state index in [1.165, 1.54) is 0 Å². The third-order valence-corrected chi connectivity index (χ3v) is 4.23. The number of carbonyl (C=O) groups excluding carboxylic acids is 1. The van der Waals surface area contributed by atoms with Gasteiger partial charge in [0.05, 0.1) is 12.0 Å². The third-order valence-electron chi connectivity index (χ3n) is 3.25. The molecule has 0 aliphatic heterocycles. The molecule has 0 aliphatic rings. The van der Waals surface area contributed by atoms with E-state index in [1.807, 2.05) is 38.1 Å². The van der Waals surface area contributed by atoms with Gasteiger partial charge in [-0.25, -0.2) is 0 Å². The fraction of sp³-hybridized carbons (Fsp3) is 0.389. The maximum absolute atomic E-state index is 12.0. The number of nitrogens with one attached hydrogen (secondary N) is 1. The van der Waals surface area contributed by atoms with Crippen LogP contribution in [-0.2, 0) is 10.5 Å². The maximum Gasteiger partial charge on any atom is 0.260 e. The van der Waals surface area contributed by atoms with Crippen LogP contribution in [0.2, 0.25) is 0 Å². The van der Waals surface area contributed by atoms with E-state index in [9.17, 15) is 4.79 Å². The van der Waals surface area contributed by atoms with E-state index >= 15 is 0 Å². The van der Waals surface area contributed by atoms with Crippen molar-refractivity contribution in [3.63, 3.8) is 0 Å². The molecular formula is C18H23NO3S. The van der Waals surface area contributed by atoms with Gasteiger partial charge in [0.25, 0.3) is 5.91 Å². The van der Waals surface area contributed by atoms with Crippen molar-refractivity contribution < 1.29 is 13.9 Å². The Bertz CT molecular complexity index is 605. The van der Waals surface area contributed by atoms with Crippen molar-refractivity contribution >= 4 is 17.7 Å². The first-order valence-electron chi connectivity index (χ1n) is 7.67. The molecule has 0 radical (unpaired) electrons. The highest BCUT2D eigenvalue weighted by atomic mass is 32.2. The number of amides is 1. The average molecular weight is 333 g/mol. The number of rotatable bonds is 8. The molecule has 1 aromatic heterocycles. The van der Waals surface area contributed by atoms with Crippen LogP contribution in [0.5, 0.6) is 5.75 Å². The normalized spacial score (nSPS) is 12.0. The van der Waals surface area contributed by atoms with Gasteiger partial charge in [0, 0.05) is 12.3 Å². The molecule has 23 heavy (non-hydrogen) atoms. The molecule has 5 heteroatoms. The van der Waals surface area contributed by atoms with Gasteiger partial charge in [-0.05, 0) is 56.2 Å². The Morgan fingerprint density at radius 3 is 2.70 bits per heavy atom. The summed E-state index contributed by atoms with van der Waals surface area (Å²) in [7, 11) is 0. The molecular weight excluding hydrogens is 310 g/mol.